The Morgan fingerprint density at radius 3 is 2.52 bits per heavy atom. The lowest BCUT2D eigenvalue weighted by atomic mass is 9.97. The summed E-state index contributed by atoms with van der Waals surface area (Å²) < 4.78 is 43.2. The number of hydrogen-bond acceptors (Lipinski definition) is 4. The molecule has 31 heavy (non-hydrogen) atoms. The van der Waals surface area contributed by atoms with Gasteiger partial charge in [0, 0.05) is 43.9 Å². The summed E-state index contributed by atoms with van der Waals surface area (Å²) in [6.45, 7) is 10.9. The fraction of sp³-hybridized carbons (Fsp3) is 0.333. The van der Waals surface area contributed by atoms with Crippen molar-refractivity contribution in [1.82, 2.24) is 14.9 Å². The first-order valence-electron chi connectivity index (χ1n) is 10.6. The van der Waals surface area contributed by atoms with Crippen LogP contribution < -0.4 is 4.90 Å². The number of halogens is 3. The normalized spacial score (nSPS) is 18.3. The molecule has 0 bridgehead atoms. The summed E-state index contributed by atoms with van der Waals surface area (Å²) in [5, 5.41) is 0.216. The fourth-order valence-electron chi connectivity index (χ4n) is 4.49. The lowest BCUT2D eigenvalue weighted by molar-refractivity contribution is 0.215. The minimum atomic E-state index is -1.01. The Balaban J connectivity index is 0.00000112. The first-order chi connectivity index (χ1) is 15.0. The van der Waals surface area contributed by atoms with Crippen molar-refractivity contribution in [2.24, 2.45) is 0 Å². The van der Waals surface area contributed by atoms with E-state index in [0.29, 0.717) is 25.1 Å². The highest BCUT2D eigenvalue weighted by Crippen LogP contribution is 2.41. The monoisotopic (exact) mass is 426 g/mol. The Bertz CT molecular complexity index is 1120. The second-order valence-corrected chi connectivity index (χ2v) is 7.63. The van der Waals surface area contributed by atoms with Crippen LogP contribution in [0, 0.1) is 17.7 Å². The molecule has 1 aromatic heterocycles. The number of rotatable bonds is 2. The Hall–Kier alpha value is -2.93. The van der Waals surface area contributed by atoms with E-state index in [1.165, 1.54) is 5.56 Å². The summed E-state index contributed by atoms with van der Waals surface area (Å²) in [5.74, 6) is -1.35. The molecule has 2 aliphatic rings. The van der Waals surface area contributed by atoms with Crippen LogP contribution in [0.25, 0.3) is 16.5 Å². The SMILES string of the molecule is C=C1C[C@@H]2CN(Cc3ccccc3)CCN2c2nc(F)nc3c(F)cc(F)c1c23.CC. The van der Waals surface area contributed by atoms with Gasteiger partial charge in [-0.2, -0.15) is 14.4 Å². The highest BCUT2D eigenvalue weighted by molar-refractivity contribution is 6.00. The van der Waals surface area contributed by atoms with Crippen molar-refractivity contribution in [3.8, 4) is 0 Å². The van der Waals surface area contributed by atoms with Crippen LogP contribution in [0.1, 0.15) is 31.4 Å². The second-order valence-electron chi connectivity index (χ2n) is 7.63. The fourth-order valence-corrected chi connectivity index (χ4v) is 4.49. The number of fused-ring (bicyclic) bond motifs is 2. The molecule has 4 nitrogen and oxygen atoms in total. The molecule has 2 aromatic carbocycles. The zero-order valence-corrected chi connectivity index (χ0v) is 17.7. The van der Waals surface area contributed by atoms with Crippen molar-refractivity contribution >= 4 is 22.3 Å². The van der Waals surface area contributed by atoms with Crippen molar-refractivity contribution in [2.75, 3.05) is 24.5 Å². The van der Waals surface area contributed by atoms with Gasteiger partial charge in [0.05, 0.1) is 5.39 Å². The lowest BCUT2D eigenvalue weighted by Crippen LogP contribution is -2.53. The van der Waals surface area contributed by atoms with E-state index < -0.39 is 17.7 Å². The van der Waals surface area contributed by atoms with Gasteiger partial charge in [0.2, 0.25) is 0 Å². The number of anilines is 1. The highest BCUT2D eigenvalue weighted by Gasteiger charge is 2.35. The lowest BCUT2D eigenvalue weighted by Gasteiger charge is -2.41. The average Bonchev–Trinajstić information content (AvgIpc) is 2.88. The van der Waals surface area contributed by atoms with Crippen LogP contribution >= 0.6 is 0 Å². The first-order valence-corrected chi connectivity index (χ1v) is 10.6. The molecule has 0 radical (unpaired) electrons. The van der Waals surface area contributed by atoms with E-state index in [9.17, 15) is 13.2 Å². The van der Waals surface area contributed by atoms with E-state index >= 15 is 0 Å². The molecule has 162 valence electrons. The van der Waals surface area contributed by atoms with Gasteiger partial charge in [0.15, 0.2) is 5.82 Å². The summed E-state index contributed by atoms with van der Waals surface area (Å²) in [6.07, 6.45) is -0.525. The number of nitrogens with zero attached hydrogens (tertiary/aromatic N) is 4. The third-order valence-corrected chi connectivity index (χ3v) is 5.75. The molecular formula is C24H25F3N4. The molecule has 1 fully saturated rings. The van der Waals surface area contributed by atoms with Crippen LogP contribution in [0.2, 0.25) is 0 Å². The summed E-state index contributed by atoms with van der Waals surface area (Å²) in [4.78, 5) is 11.8. The average molecular weight is 426 g/mol. The molecule has 1 saturated heterocycles. The molecular weight excluding hydrogens is 401 g/mol. The minimum absolute atomic E-state index is 0.0627. The van der Waals surface area contributed by atoms with Crippen LogP contribution in [-0.4, -0.2) is 40.5 Å². The predicted molar refractivity (Wildman–Crippen MR) is 117 cm³/mol. The zero-order valence-electron chi connectivity index (χ0n) is 17.7. The molecule has 0 saturated carbocycles. The zero-order chi connectivity index (χ0) is 22.1. The summed E-state index contributed by atoms with van der Waals surface area (Å²) in [6, 6.07) is 10.8. The Morgan fingerprint density at radius 2 is 1.77 bits per heavy atom. The Labute approximate surface area is 180 Å². The van der Waals surface area contributed by atoms with Crippen LogP contribution in [0.4, 0.5) is 19.0 Å². The summed E-state index contributed by atoms with van der Waals surface area (Å²) in [7, 11) is 0. The molecule has 1 atom stereocenters. The van der Waals surface area contributed by atoms with Gasteiger partial charge in [-0.15, -0.1) is 0 Å². The van der Waals surface area contributed by atoms with Gasteiger partial charge in [-0.1, -0.05) is 50.8 Å². The molecule has 0 unspecified atom stereocenters. The van der Waals surface area contributed by atoms with Gasteiger partial charge in [0.1, 0.15) is 17.2 Å². The molecule has 7 heteroatoms. The van der Waals surface area contributed by atoms with Crippen LogP contribution in [-0.2, 0) is 6.54 Å². The maximum absolute atomic E-state index is 14.7. The molecule has 0 aliphatic carbocycles. The van der Waals surface area contributed by atoms with E-state index in [1.807, 2.05) is 36.9 Å². The van der Waals surface area contributed by atoms with Gasteiger partial charge in [-0.3, -0.25) is 4.90 Å². The number of benzene rings is 2. The smallest absolute Gasteiger partial charge is 0.311 e. The van der Waals surface area contributed by atoms with Crippen LogP contribution in [0.15, 0.2) is 43.0 Å². The maximum atomic E-state index is 14.7. The van der Waals surface area contributed by atoms with E-state index in [4.69, 9.17) is 0 Å². The molecule has 3 aromatic rings. The van der Waals surface area contributed by atoms with E-state index in [1.54, 1.807) is 0 Å². The molecule has 0 spiro atoms. The topological polar surface area (TPSA) is 32.3 Å². The molecule has 0 amide bonds. The number of piperazine rings is 1. The molecule has 0 N–H and O–H groups in total. The predicted octanol–water partition coefficient (Wildman–Crippen LogP) is 5.18. The van der Waals surface area contributed by atoms with Crippen molar-refractivity contribution in [3.63, 3.8) is 0 Å². The standard InChI is InChI=1S/C22H19F3N4.C2H6/c1-13-9-15-12-28(11-14-5-3-2-4-6-14)7-8-29(15)21-19-18(13)16(23)10-17(24)20(19)26-22(25)27-21;1-2/h2-6,10,15H,1,7-9,11-12H2;1-2H3/t15-;/m1./s1. The van der Waals surface area contributed by atoms with Gasteiger partial charge in [-0.05, 0) is 17.6 Å². The van der Waals surface area contributed by atoms with Crippen LogP contribution in [0.5, 0.6) is 0 Å². The third kappa shape index (κ3) is 3.90. The largest absolute Gasteiger partial charge is 0.350 e. The minimum Gasteiger partial charge on any atom is -0.350 e. The second kappa shape index (κ2) is 8.67. The number of aromatic nitrogens is 2. The summed E-state index contributed by atoms with van der Waals surface area (Å²) in [5.41, 5.74) is 1.76. The van der Waals surface area contributed by atoms with Crippen molar-refractivity contribution in [2.45, 2.75) is 32.9 Å². The molecule has 5 rings (SSSR count). The van der Waals surface area contributed by atoms with Crippen molar-refractivity contribution in [3.05, 3.63) is 71.8 Å². The Kier molecular flexibility index (Phi) is 5.96. The van der Waals surface area contributed by atoms with E-state index in [2.05, 4.69) is 33.6 Å². The Morgan fingerprint density at radius 1 is 1.03 bits per heavy atom. The molecule has 3 heterocycles. The first kappa shape index (κ1) is 21.3. The van der Waals surface area contributed by atoms with E-state index in [-0.39, 0.29) is 28.3 Å². The maximum Gasteiger partial charge on any atom is 0.311 e. The van der Waals surface area contributed by atoms with Gasteiger partial charge in [0.25, 0.3) is 0 Å². The van der Waals surface area contributed by atoms with Crippen LogP contribution in [0.3, 0.4) is 0 Å². The van der Waals surface area contributed by atoms with Gasteiger partial charge >= 0.3 is 6.08 Å². The number of hydrogen-bond donors (Lipinski definition) is 0. The van der Waals surface area contributed by atoms with E-state index in [0.717, 1.165) is 19.2 Å². The third-order valence-electron chi connectivity index (χ3n) is 5.75. The quantitative estimate of drug-likeness (QED) is 0.529. The summed E-state index contributed by atoms with van der Waals surface area (Å²) >= 11 is 0. The molecule has 2 aliphatic heterocycles. The van der Waals surface area contributed by atoms with Crippen molar-refractivity contribution in [1.29, 1.82) is 0 Å². The van der Waals surface area contributed by atoms with Gasteiger partial charge in [-0.25, -0.2) is 8.78 Å². The highest BCUT2D eigenvalue weighted by atomic mass is 19.1. The van der Waals surface area contributed by atoms with Gasteiger partial charge < -0.3 is 4.90 Å². The van der Waals surface area contributed by atoms with Crippen molar-refractivity contribution < 1.29 is 13.2 Å².